The predicted octanol–water partition coefficient (Wildman–Crippen LogP) is 3.61. The van der Waals surface area contributed by atoms with Gasteiger partial charge >= 0.3 is 0 Å². The Morgan fingerprint density at radius 3 is 2.81 bits per heavy atom. The van der Waals surface area contributed by atoms with E-state index in [2.05, 4.69) is 26.2 Å². The Bertz CT molecular complexity index is 702. The number of hydrogen-bond donors (Lipinski definition) is 1. The molecule has 1 N–H and O–H groups in total. The summed E-state index contributed by atoms with van der Waals surface area (Å²) in [5.41, 5.74) is 0.0877. The molecule has 21 heavy (non-hydrogen) atoms. The van der Waals surface area contributed by atoms with Crippen molar-refractivity contribution in [2.24, 2.45) is 0 Å². The van der Waals surface area contributed by atoms with Gasteiger partial charge in [0.15, 0.2) is 0 Å². The molecule has 110 valence electrons. The number of carbonyl (C=O) groups is 1. The van der Waals surface area contributed by atoms with Gasteiger partial charge in [-0.2, -0.15) is 0 Å². The number of carbonyl (C=O) groups excluding carboxylic acids is 1. The highest BCUT2D eigenvalue weighted by atomic mass is 79.9. The van der Waals surface area contributed by atoms with Crippen molar-refractivity contribution in [2.45, 2.75) is 19.9 Å². The molecule has 0 saturated heterocycles. The molecule has 1 heterocycles. The number of nitro benzene ring substituents is 1. The largest absolute Gasteiger partial charge is 0.343 e. The Balaban J connectivity index is 2.21. The quantitative estimate of drug-likeness (QED) is 0.658. The molecule has 0 aliphatic carbocycles. The van der Waals surface area contributed by atoms with Crippen molar-refractivity contribution in [1.82, 2.24) is 10.3 Å². The van der Waals surface area contributed by atoms with Crippen molar-refractivity contribution in [3.05, 3.63) is 54.4 Å². The number of halogens is 1. The minimum absolute atomic E-state index is 0.139. The van der Waals surface area contributed by atoms with Gasteiger partial charge in [0.1, 0.15) is 9.48 Å². The molecule has 0 bridgehead atoms. The lowest BCUT2D eigenvalue weighted by Gasteiger charge is -2.12. The van der Waals surface area contributed by atoms with Crippen molar-refractivity contribution in [1.29, 1.82) is 0 Å². The number of benzene rings is 1. The second-order valence-electron chi connectivity index (χ2n) is 4.40. The summed E-state index contributed by atoms with van der Waals surface area (Å²) in [5.74, 6) is -0.383. The maximum absolute atomic E-state index is 12.2. The van der Waals surface area contributed by atoms with Gasteiger partial charge in [0.25, 0.3) is 11.6 Å². The maximum Gasteiger partial charge on any atom is 0.284 e. The van der Waals surface area contributed by atoms with E-state index < -0.39 is 4.92 Å². The third kappa shape index (κ3) is 3.45. The van der Waals surface area contributed by atoms with Crippen LogP contribution in [0.2, 0.25) is 0 Å². The molecule has 1 amide bonds. The Morgan fingerprint density at radius 2 is 2.24 bits per heavy atom. The first-order valence-electron chi connectivity index (χ1n) is 6.06. The number of nitrogens with one attached hydrogen (secondary N) is 1. The predicted molar refractivity (Wildman–Crippen MR) is 83.5 cm³/mol. The van der Waals surface area contributed by atoms with Gasteiger partial charge in [-0.1, -0.05) is 6.07 Å². The number of hydrogen-bond acceptors (Lipinski definition) is 5. The van der Waals surface area contributed by atoms with Crippen molar-refractivity contribution < 1.29 is 9.72 Å². The van der Waals surface area contributed by atoms with E-state index >= 15 is 0 Å². The molecule has 1 aromatic heterocycles. The van der Waals surface area contributed by atoms with Gasteiger partial charge in [-0.3, -0.25) is 14.9 Å². The van der Waals surface area contributed by atoms with E-state index in [1.807, 2.05) is 13.8 Å². The molecule has 0 spiro atoms. The highest BCUT2D eigenvalue weighted by Gasteiger charge is 2.21. The number of amides is 1. The fraction of sp³-hybridized carbons (Fsp3) is 0.231. The average Bonchev–Trinajstić information content (AvgIpc) is 2.85. The molecular weight excluding hydrogens is 358 g/mol. The van der Waals surface area contributed by atoms with Crippen molar-refractivity contribution in [3.63, 3.8) is 0 Å². The molecule has 0 radical (unpaired) electrons. The molecular formula is C13H12BrN3O3S. The third-order valence-electron chi connectivity index (χ3n) is 2.78. The van der Waals surface area contributed by atoms with Crippen LogP contribution in [0.25, 0.3) is 0 Å². The summed E-state index contributed by atoms with van der Waals surface area (Å²) in [6.07, 6.45) is 1.74. The van der Waals surface area contributed by atoms with Gasteiger partial charge in [0.05, 0.1) is 16.5 Å². The highest BCUT2D eigenvalue weighted by molar-refractivity contribution is 9.10. The van der Waals surface area contributed by atoms with Gasteiger partial charge in [-0.25, -0.2) is 4.98 Å². The maximum atomic E-state index is 12.2. The fourth-order valence-electron chi connectivity index (χ4n) is 1.74. The normalized spacial score (nSPS) is 12.0. The van der Waals surface area contributed by atoms with Crippen molar-refractivity contribution in [3.8, 4) is 0 Å². The zero-order chi connectivity index (χ0) is 15.6. The van der Waals surface area contributed by atoms with Gasteiger partial charge in [-0.05, 0) is 35.8 Å². The van der Waals surface area contributed by atoms with Crippen molar-refractivity contribution >= 4 is 38.9 Å². The average molecular weight is 370 g/mol. The molecule has 1 unspecified atom stereocenters. The van der Waals surface area contributed by atoms with E-state index in [1.54, 1.807) is 6.20 Å². The Labute approximate surface area is 133 Å². The molecule has 8 heteroatoms. The van der Waals surface area contributed by atoms with Crippen LogP contribution in [0.5, 0.6) is 0 Å². The van der Waals surface area contributed by atoms with Gasteiger partial charge in [0, 0.05) is 17.1 Å². The van der Waals surface area contributed by atoms with Crippen LogP contribution in [0.1, 0.15) is 33.2 Å². The molecule has 0 fully saturated rings. The number of rotatable bonds is 4. The van der Waals surface area contributed by atoms with Crippen LogP contribution < -0.4 is 5.32 Å². The molecule has 1 aromatic carbocycles. The van der Waals surface area contributed by atoms with Crippen LogP contribution in [-0.2, 0) is 0 Å². The summed E-state index contributed by atoms with van der Waals surface area (Å²) in [7, 11) is 0. The van der Waals surface area contributed by atoms with E-state index in [1.165, 1.54) is 29.5 Å². The first-order valence-corrected chi connectivity index (χ1v) is 7.67. The van der Waals surface area contributed by atoms with E-state index in [0.717, 1.165) is 9.88 Å². The number of aromatic nitrogens is 1. The minimum Gasteiger partial charge on any atom is -0.343 e. The second-order valence-corrected chi connectivity index (χ2v) is 6.46. The summed E-state index contributed by atoms with van der Waals surface area (Å²) in [6.45, 7) is 3.76. The number of thiazole rings is 1. The van der Waals surface area contributed by atoms with Crippen LogP contribution in [0.15, 0.2) is 28.9 Å². The topological polar surface area (TPSA) is 85.1 Å². The standard InChI is InChI=1S/C13H12BrN3O3S/c1-7-6-15-13(21-7)8(2)16-12(18)9-4-3-5-10(11(9)14)17(19)20/h3-6,8H,1-2H3,(H,16,18). The van der Waals surface area contributed by atoms with Crippen LogP contribution >= 0.6 is 27.3 Å². The smallest absolute Gasteiger partial charge is 0.284 e. The lowest BCUT2D eigenvalue weighted by Crippen LogP contribution is -2.27. The van der Waals surface area contributed by atoms with Crippen LogP contribution in [0.3, 0.4) is 0 Å². The Kier molecular flexibility index (Phi) is 4.69. The summed E-state index contributed by atoms with van der Waals surface area (Å²) < 4.78 is 0.176. The fourth-order valence-corrected chi connectivity index (χ4v) is 3.11. The number of nitro groups is 1. The molecule has 6 nitrogen and oxygen atoms in total. The highest BCUT2D eigenvalue weighted by Crippen LogP contribution is 2.29. The molecule has 1 atom stereocenters. The summed E-state index contributed by atoms with van der Waals surface area (Å²) in [6, 6.07) is 4.10. The number of nitrogens with zero attached hydrogens (tertiary/aromatic N) is 2. The van der Waals surface area contributed by atoms with E-state index in [9.17, 15) is 14.9 Å². The Morgan fingerprint density at radius 1 is 1.52 bits per heavy atom. The van der Waals surface area contributed by atoms with Gasteiger partial charge < -0.3 is 5.32 Å². The first-order chi connectivity index (χ1) is 9.90. The molecule has 0 aliphatic heterocycles. The van der Waals surface area contributed by atoms with Gasteiger partial charge in [0.2, 0.25) is 0 Å². The van der Waals surface area contributed by atoms with E-state index in [0.29, 0.717) is 0 Å². The van der Waals surface area contributed by atoms with Crippen molar-refractivity contribution in [2.75, 3.05) is 0 Å². The van der Waals surface area contributed by atoms with Gasteiger partial charge in [-0.15, -0.1) is 11.3 Å². The molecule has 2 rings (SSSR count). The zero-order valence-electron chi connectivity index (χ0n) is 11.3. The molecule has 2 aromatic rings. The lowest BCUT2D eigenvalue weighted by molar-refractivity contribution is -0.385. The van der Waals surface area contributed by atoms with Crippen LogP contribution in [0.4, 0.5) is 5.69 Å². The summed E-state index contributed by atoms with van der Waals surface area (Å²) in [4.78, 5) is 27.9. The first kappa shape index (κ1) is 15.6. The second kappa shape index (κ2) is 6.31. The zero-order valence-corrected chi connectivity index (χ0v) is 13.7. The SMILES string of the molecule is Cc1cnc(C(C)NC(=O)c2cccc([N+](=O)[O-])c2Br)s1. The summed E-state index contributed by atoms with van der Waals surface area (Å²) in [5, 5.41) is 14.5. The Hall–Kier alpha value is -1.80. The number of aryl methyl sites for hydroxylation is 1. The van der Waals surface area contributed by atoms with E-state index in [4.69, 9.17) is 0 Å². The molecule has 0 aliphatic rings. The van der Waals surface area contributed by atoms with Crippen LogP contribution in [0, 0.1) is 17.0 Å². The summed E-state index contributed by atoms with van der Waals surface area (Å²) >= 11 is 4.62. The third-order valence-corrected chi connectivity index (χ3v) is 4.71. The lowest BCUT2D eigenvalue weighted by atomic mass is 10.2. The minimum atomic E-state index is -0.533. The monoisotopic (exact) mass is 369 g/mol. The van der Waals surface area contributed by atoms with Crippen LogP contribution in [-0.4, -0.2) is 15.8 Å². The van der Waals surface area contributed by atoms with E-state index in [-0.39, 0.29) is 27.7 Å². The molecule has 0 saturated carbocycles.